The van der Waals surface area contributed by atoms with Gasteiger partial charge in [0.15, 0.2) is 0 Å². The average molecular weight is 177 g/mol. The molecule has 1 heterocycles. The Morgan fingerprint density at radius 2 is 2.38 bits per heavy atom. The maximum Gasteiger partial charge on any atom is 0.0950 e. The van der Waals surface area contributed by atoms with Gasteiger partial charge in [0.2, 0.25) is 0 Å². The molecule has 0 radical (unpaired) electrons. The minimum Gasteiger partial charge on any atom is -0.331 e. The van der Waals surface area contributed by atoms with Crippen molar-refractivity contribution in [3.8, 4) is 0 Å². The van der Waals surface area contributed by atoms with Gasteiger partial charge in [-0.15, -0.1) is 0 Å². The highest BCUT2D eigenvalue weighted by Gasteiger charge is 2.40. The summed E-state index contributed by atoms with van der Waals surface area (Å²) in [4.78, 5) is 4.24. The van der Waals surface area contributed by atoms with Gasteiger partial charge in [0, 0.05) is 23.9 Å². The lowest BCUT2D eigenvalue weighted by Crippen LogP contribution is -2.04. The first-order chi connectivity index (χ1) is 6.40. The third kappa shape index (κ3) is 1.18. The van der Waals surface area contributed by atoms with Crippen molar-refractivity contribution >= 4 is 0 Å². The smallest absolute Gasteiger partial charge is 0.0950 e. The van der Waals surface area contributed by atoms with E-state index >= 15 is 0 Å². The van der Waals surface area contributed by atoms with Crippen molar-refractivity contribution in [2.75, 3.05) is 6.54 Å². The third-order valence-corrected chi connectivity index (χ3v) is 3.24. The molecule has 1 aromatic heterocycles. The zero-order chi connectivity index (χ0) is 8.84. The highest BCUT2D eigenvalue weighted by molar-refractivity contribution is 5.18. The number of nitrogens with two attached hydrogens (primary N) is 1. The maximum atomic E-state index is 5.64. The predicted molar refractivity (Wildman–Crippen MR) is 50.4 cm³/mol. The lowest BCUT2D eigenvalue weighted by Gasteiger charge is -2.04. The molecule has 0 saturated heterocycles. The van der Waals surface area contributed by atoms with Gasteiger partial charge in [-0.05, 0) is 31.7 Å². The summed E-state index contributed by atoms with van der Waals surface area (Å²) in [5, 5.41) is 0. The van der Waals surface area contributed by atoms with Crippen LogP contribution in [0.5, 0.6) is 0 Å². The minimum atomic E-state index is 0.716. The van der Waals surface area contributed by atoms with Gasteiger partial charge in [-0.25, -0.2) is 4.98 Å². The molecular formula is C10H15N3. The molecule has 0 spiro atoms. The summed E-state index contributed by atoms with van der Waals surface area (Å²) < 4.78 is 2.36. The molecule has 3 heteroatoms. The van der Waals surface area contributed by atoms with Gasteiger partial charge in [0.1, 0.15) is 0 Å². The molecule has 0 aromatic carbocycles. The zero-order valence-corrected chi connectivity index (χ0v) is 7.69. The molecule has 1 aromatic rings. The van der Waals surface area contributed by atoms with E-state index in [0.29, 0.717) is 5.92 Å². The third-order valence-electron chi connectivity index (χ3n) is 3.24. The van der Waals surface area contributed by atoms with E-state index in [1.54, 1.807) is 0 Å². The Hall–Kier alpha value is -0.830. The Labute approximate surface area is 78.0 Å². The van der Waals surface area contributed by atoms with E-state index in [9.17, 15) is 0 Å². The average Bonchev–Trinajstić information content (AvgIpc) is 3.06. The molecule has 2 saturated carbocycles. The fourth-order valence-corrected chi connectivity index (χ4v) is 2.13. The van der Waals surface area contributed by atoms with Crippen LogP contribution in [-0.4, -0.2) is 16.1 Å². The van der Waals surface area contributed by atoms with Crippen molar-refractivity contribution in [3.63, 3.8) is 0 Å². The summed E-state index contributed by atoms with van der Waals surface area (Å²) >= 11 is 0. The quantitative estimate of drug-likeness (QED) is 0.755. The summed E-state index contributed by atoms with van der Waals surface area (Å²) in [6.45, 7) is 0.834. The second-order valence-electron chi connectivity index (χ2n) is 4.29. The normalized spacial score (nSPS) is 32.1. The number of hydrogen-bond donors (Lipinski definition) is 1. The number of rotatable bonds is 3. The Bertz CT molecular complexity index is 314. The second-order valence-corrected chi connectivity index (χ2v) is 4.29. The van der Waals surface area contributed by atoms with Crippen molar-refractivity contribution < 1.29 is 0 Å². The van der Waals surface area contributed by atoms with Crippen molar-refractivity contribution in [2.24, 2.45) is 11.7 Å². The highest BCUT2D eigenvalue weighted by atomic mass is 15.1. The Kier molecular flexibility index (Phi) is 1.50. The van der Waals surface area contributed by atoms with Crippen LogP contribution in [0.25, 0.3) is 0 Å². The van der Waals surface area contributed by atoms with Crippen molar-refractivity contribution in [3.05, 3.63) is 18.2 Å². The van der Waals surface area contributed by atoms with Crippen molar-refractivity contribution in [2.45, 2.75) is 31.2 Å². The molecule has 70 valence electrons. The van der Waals surface area contributed by atoms with E-state index in [-0.39, 0.29) is 0 Å². The lowest BCUT2D eigenvalue weighted by atomic mass is 10.2. The fraction of sp³-hybridized carbons (Fsp3) is 0.700. The molecule has 2 aliphatic carbocycles. The molecule has 0 bridgehead atoms. The first-order valence-electron chi connectivity index (χ1n) is 5.12. The molecule has 2 fully saturated rings. The van der Waals surface area contributed by atoms with Gasteiger partial charge in [-0.1, -0.05) is 0 Å². The van der Waals surface area contributed by atoms with E-state index in [0.717, 1.165) is 18.5 Å². The molecule has 2 atom stereocenters. The van der Waals surface area contributed by atoms with Crippen LogP contribution in [0.2, 0.25) is 0 Å². The minimum absolute atomic E-state index is 0.716. The van der Waals surface area contributed by atoms with Gasteiger partial charge < -0.3 is 10.3 Å². The van der Waals surface area contributed by atoms with Crippen LogP contribution >= 0.6 is 0 Å². The first-order valence-corrected chi connectivity index (χ1v) is 5.12. The molecule has 0 amide bonds. The molecular weight excluding hydrogens is 162 g/mol. The van der Waals surface area contributed by atoms with Crippen LogP contribution in [0.3, 0.4) is 0 Å². The Morgan fingerprint density at radius 3 is 3.00 bits per heavy atom. The summed E-state index contributed by atoms with van der Waals surface area (Å²) in [6, 6.07) is 0.761. The molecule has 3 rings (SSSR count). The number of aromatic nitrogens is 2. The molecule has 2 aliphatic rings. The Morgan fingerprint density at radius 1 is 1.54 bits per heavy atom. The van der Waals surface area contributed by atoms with E-state index < -0.39 is 0 Å². The van der Waals surface area contributed by atoms with Gasteiger partial charge in [0.05, 0.1) is 6.33 Å². The molecule has 2 N–H and O–H groups in total. The zero-order valence-electron chi connectivity index (χ0n) is 7.69. The first kappa shape index (κ1) is 7.56. The standard InChI is InChI=1S/C10H15N3/c11-4-7-3-9(7)10-5-12-6-13(10)8-1-2-8/h5-9H,1-4,11H2. The van der Waals surface area contributed by atoms with Gasteiger partial charge >= 0.3 is 0 Å². The monoisotopic (exact) mass is 177 g/mol. The molecule has 13 heavy (non-hydrogen) atoms. The lowest BCUT2D eigenvalue weighted by molar-refractivity contribution is 0.676. The van der Waals surface area contributed by atoms with Crippen LogP contribution in [0.1, 0.15) is 36.9 Å². The summed E-state index contributed by atoms with van der Waals surface area (Å²) in [5.41, 5.74) is 7.07. The van der Waals surface area contributed by atoms with E-state index in [2.05, 4.69) is 9.55 Å². The maximum absolute atomic E-state index is 5.64. The SMILES string of the molecule is NCC1CC1c1cncn1C1CC1. The Balaban J connectivity index is 1.84. The van der Waals surface area contributed by atoms with Gasteiger partial charge in [-0.3, -0.25) is 0 Å². The fourth-order valence-electron chi connectivity index (χ4n) is 2.13. The topological polar surface area (TPSA) is 43.8 Å². The summed E-state index contributed by atoms with van der Waals surface area (Å²) in [7, 11) is 0. The largest absolute Gasteiger partial charge is 0.331 e. The highest BCUT2D eigenvalue weighted by Crippen LogP contribution is 2.49. The second kappa shape index (κ2) is 2.58. The van der Waals surface area contributed by atoms with E-state index in [1.165, 1.54) is 25.0 Å². The summed E-state index contributed by atoms with van der Waals surface area (Å²) in [5.74, 6) is 1.45. The van der Waals surface area contributed by atoms with Gasteiger partial charge in [0.25, 0.3) is 0 Å². The van der Waals surface area contributed by atoms with E-state index in [4.69, 9.17) is 5.73 Å². The van der Waals surface area contributed by atoms with Crippen LogP contribution in [0.4, 0.5) is 0 Å². The molecule has 2 unspecified atom stereocenters. The van der Waals surface area contributed by atoms with E-state index in [1.807, 2.05) is 12.5 Å². The molecule has 3 nitrogen and oxygen atoms in total. The number of hydrogen-bond acceptors (Lipinski definition) is 2. The van der Waals surface area contributed by atoms with Crippen molar-refractivity contribution in [1.82, 2.24) is 9.55 Å². The van der Waals surface area contributed by atoms with Crippen LogP contribution in [0, 0.1) is 5.92 Å². The van der Waals surface area contributed by atoms with Crippen molar-refractivity contribution in [1.29, 1.82) is 0 Å². The number of nitrogens with zero attached hydrogens (tertiary/aromatic N) is 2. The predicted octanol–water partition coefficient (Wildman–Crippen LogP) is 1.28. The van der Waals surface area contributed by atoms with Crippen LogP contribution < -0.4 is 5.73 Å². The summed E-state index contributed by atoms with van der Waals surface area (Å²) in [6.07, 6.45) is 7.96. The van der Waals surface area contributed by atoms with Crippen LogP contribution in [-0.2, 0) is 0 Å². The number of imidazole rings is 1. The van der Waals surface area contributed by atoms with Crippen LogP contribution in [0.15, 0.2) is 12.5 Å². The molecule has 0 aliphatic heterocycles. The van der Waals surface area contributed by atoms with Gasteiger partial charge in [-0.2, -0.15) is 0 Å².